The van der Waals surface area contributed by atoms with Crippen molar-refractivity contribution in [3.63, 3.8) is 0 Å². The summed E-state index contributed by atoms with van der Waals surface area (Å²) in [5.41, 5.74) is 2.44. The van der Waals surface area contributed by atoms with E-state index in [-0.39, 0.29) is 11.8 Å². The monoisotopic (exact) mass is 308 g/mol. The van der Waals surface area contributed by atoms with Gasteiger partial charge in [-0.05, 0) is 18.6 Å². The molecule has 0 bridgehead atoms. The third kappa shape index (κ3) is 2.73. The van der Waals surface area contributed by atoms with Gasteiger partial charge in [0.25, 0.3) is 0 Å². The molecule has 4 rings (SSSR count). The molecule has 1 atom stereocenters. The quantitative estimate of drug-likeness (QED) is 0.770. The smallest absolute Gasteiger partial charge is 0.229 e. The van der Waals surface area contributed by atoms with Crippen LogP contribution >= 0.6 is 0 Å². The molecule has 2 N–H and O–H groups in total. The van der Waals surface area contributed by atoms with Crippen LogP contribution in [0.4, 0.5) is 11.5 Å². The largest absolute Gasteiger partial charge is 0.354 e. The first-order valence-corrected chi connectivity index (χ1v) is 7.56. The van der Waals surface area contributed by atoms with Crippen LogP contribution in [0.5, 0.6) is 0 Å². The number of fused-ring (bicyclic) bond motifs is 1. The van der Waals surface area contributed by atoms with E-state index < -0.39 is 0 Å². The molecule has 1 amide bonds. The highest BCUT2D eigenvalue weighted by atomic mass is 16.2. The maximum Gasteiger partial charge on any atom is 0.229 e. The van der Waals surface area contributed by atoms with E-state index in [0.29, 0.717) is 12.2 Å². The Labute approximate surface area is 132 Å². The van der Waals surface area contributed by atoms with E-state index >= 15 is 0 Å². The van der Waals surface area contributed by atoms with Crippen LogP contribution in [0, 0.1) is 5.92 Å². The predicted octanol–water partition coefficient (Wildman–Crippen LogP) is 1.82. The Balaban J connectivity index is 1.47. The van der Waals surface area contributed by atoms with Gasteiger partial charge in [-0.3, -0.25) is 14.9 Å². The van der Waals surface area contributed by atoms with Crippen molar-refractivity contribution in [1.29, 1.82) is 0 Å². The van der Waals surface area contributed by atoms with E-state index in [1.54, 1.807) is 18.6 Å². The van der Waals surface area contributed by atoms with Crippen LogP contribution in [0.2, 0.25) is 0 Å². The standard InChI is InChI=1S/C16H16N6O/c23-16(20-12-7-18-19-8-12)11-5-6-22(10-11)15-9-17-13-3-1-2-4-14(13)21-15/h1-4,7-9,11H,5-6,10H2,(H,18,19)(H,20,23)/t11-/m1/s1. The second kappa shape index (κ2) is 5.68. The number of hydrogen-bond donors (Lipinski definition) is 2. The van der Waals surface area contributed by atoms with Crippen molar-refractivity contribution in [2.75, 3.05) is 23.3 Å². The Kier molecular flexibility index (Phi) is 3.38. The number of nitrogens with zero attached hydrogens (tertiary/aromatic N) is 4. The second-order valence-corrected chi connectivity index (χ2v) is 5.62. The highest BCUT2D eigenvalue weighted by Crippen LogP contribution is 2.24. The minimum atomic E-state index is -0.0572. The molecule has 2 aromatic heterocycles. The van der Waals surface area contributed by atoms with E-state index in [0.717, 1.165) is 29.8 Å². The Morgan fingerprint density at radius 3 is 2.96 bits per heavy atom. The molecule has 1 aromatic carbocycles. The van der Waals surface area contributed by atoms with Gasteiger partial charge in [-0.15, -0.1) is 0 Å². The average molecular weight is 308 g/mol. The van der Waals surface area contributed by atoms with Crippen LogP contribution in [-0.2, 0) is 4.79 Å². The molecule has 1 fully saturated rings. The molecule has 3 heterocycles. The zero-order valence-corrected chi connectivity index (χ0v) is 12.4. The van der Waals surface area contributed by atoms with Gasteiger partial charge in [0, 0.05) is 19.3 Å². The molecule has 7 nitrogen and oxygen atoms in total. The van der Waals surface area contributed by atoms with Gasteiger partial charge in [0.05, 0.1) is 35.0 Å². The minimum absolute atomic E-state index is 0.0163. The topological polar surface area (TPSA) is 86.8 Å². The summed E-state index contributed by atoms with van der Waals surface area (Å²) in [6, 6.07) is 7.79. The third-order valence-electron chi connectivity index (χ3n) is 4.08. The zero-order valence-electron chi connectivity index (χ0n) is 12.4. The van der Waals surface area contributed by atoms with Gasteiger partial charge < -0.3 is 10.2 Å². The summed E-state index contributed by atoms with van der Waals surface area (Å²) in [6.45, 7) is 1.45. The zero-order chi connectivity index (χ0) is 15.6. The van der Waals surface area contributed by atoms with Gasteiger partial charge in [-0.2, -0.15) is 5.10 Å². The van der Waals surface area contributed by atoms with Crippen LogP contribution in [0.3, 0.4) is 0 Å². The summed E-state index contributed by atoms with van der Waals surface area (Å²) >= 11 is 0. The van der Waals surface area contributed by atoms with Gasteiger partial charge in [0.1, 0.15) is 5.82 Å². The molecule has 0 spiro atoms. The number of hydrogen-bond acceptors (Lipinski definition) is 5. The number of para-hydroxylation sites is 2. The Morgan fingerprint density at radius 2 is 2.13 bits per heavy atom. The van der Waals surface area contributed by atoms with Crippen LogP contribution in [0.1, 0.15) is 6.42 Å². The molecule has 0 radical (unpaired) electrons. The molecule has 23 heavy (non-hydrogen) atoms. The average Bonchev–Trinajstić information content (AvgIpc) is 3.26. The fraction of sp³-hybridized carbons (Fsp3) is 0.250. The highest BCUT2D eigenvalue weighted by molar-refractivity contribution is 5.93. The lowest BCUT2D eigenvalue weighted by molar-refractivity contribution is -0.119. The van der Waals surface area contributed by atoms with Crippen molar-refractivity contribution in [1.82, 2.24) is 20.2 Å². The number of carbonyl (C=O) groups excluding carboxylic acids is 1. The van der Waals surface area contributed by atoms with Crippen molar-refractivity contribution < 1.29 is 4.79 Å². The first-order valence-electron chi connectivity index (χ1n) is 7.56. The van der Waals surface area contributed by atoms with Crippen molar-refractivity contribution in [3.8, 4) is 0 Å². The molecule has 116 valence electrons. The molecule has 0 saturated carbocycles. The van der Waals surface area contributed by atoms with Crippen molar-refractivity contribution >= 4 is 28.4 Å². The lowest BCUT2D eigenvalue weighted by Gasteiger charge is -2.17. The molecule has 0 aliphatic carbocycles. The number of benzene rings is 1. The first kappa shape index (κ1) is 13.7. The van der Waals surface area contributed by atoms with Crippen molar-refractivity contribution in [3.05, 3.63) is 42.9 Å². The van der Waals surface area contributed by atoms with Gasteiger partial charge in [0.2, 0.25) is 5.91 Å². The third-order valence-corrected chi connectivity index (χ3v) is 4.08. The first-order chi connectivity index (χ1) is 11.3. The van der Waals surface area contributed by atoms with E-state index in [1.165, 1.54) is 0 Å². The summed E-state index contributed by atoms with van der Waals surface area (Å²) < 4.78 is 0. The maximum absolute atomic E-state index is 12.3. The van der Waals surface area contributed by atoms with Crippen molar-refractivity contribution in [2.45, 2.75) is 6.42 Å². The lowest BCUT2D eigenvalue weighted by Crippen LogP contribution is -2.27. The molecular weight excluding hydrogens is 292 g/mol. The maximum atomic E-state index is 12.3. The summed E-state index contributed by atoms with van der Waals surface area (Å²) in [5.74, 6) is 0.781. The van der Waals surface area contributed by atoms with Crippen LogP contribution in [0.25, 0.3) is 11.0 Å². The Morgan fingerprint density at radius 1 is 1.26 bits per heavy atom. The summed E-state index contributed by atoms with van der Waals surface area (Å²) in [6.07, 6.45) is 5.84. The van der Waals surface area contributed by atoms with Gasteiger partial charge in [-0.25, -0.2) is 4.98 Å². The summed E-state index contributed by atoms with van der Waals surface area (Å²) in [5, 5.41) is 9.38. The molecule has 1 aliphatic rings. The SMILES string of the molecule is O=C(Nc1cn[nH]c1)[C@@H]1CCN(c2cnc3ccccc3n2)C1. The van der Waals surface area contributed by atoms with Crippen molar-refractivity contribution in [2.24, 2.45) is 5.92 Å². The molecule has 7 heteroatoms. The van der Waals surface area contributed by atoms with E-state index in [2.05, 4.69) is 30.4 Å². The molecule has 0 unspecified atom stereocenters. The van der Waals surface area contributed by atoms with Crippen LogP contribution in [0.15, 0.2) is 42.9 Å². The van der Waals surface area contributed by atoms with Crippen LogP contribution in [-0.4, -0.2) is 39.2 Å². The normalized spacial score (nSPS) is 17.6. The number of nitrogens with one attached hydrogen (secondary N) is 2. The summed E-state index contributed by atoms with van der Waals surface area (Å²) in [4.78, 5) is 23.5. The Hall–Kier alpha value is -2.96. The van der Waals surface area contributed by atoms with E-state index in [4.69, 9.17) is 0 Å². The van der Waals surface area contributed by atoms with Gasteiger partial charge in [0.15, 0.2) is 0 Å². The number of aromatic nitrogens is 4. The number of rotatable bonds is 3. The number of H-pyrrole nitrogens is 1. The van der Waals surface area contributed by atoms with E-state index in [9.17, 15) is 4.79 Å². The van der Waals surface area contributed by atoms with E-state index in [1.807, 2.05) is 24.3 Å². The number of anilines is 2. The lowest BCUT2D eigenvalue weighted by atomic mass is 10.1. The van der Waals surface area contributed by atoms with Crippen LogP contribution < -0.4 is 10.2 Å². The minimum Gasteiger partial charge on any atom is -0.354 e. The molecule has 1 saturated heterocycles. The summed E-state index contributed by atoms with van der Waals surface area (Å²) in [7, 11) is 0. The number of aromatic amines is 1. The Bertz CT molecular complexity index is 831. The fourth-order valence-electron chi connectivity index (χ4n) is 2.85. The predicted molar refractivity (Wildman–Crippen MR) is 87.1 cm³/mol. The second-order valence-electron chi connectivity index (χ2n) is 5.62. The number of carbonyl (C=O) groups is 1. The highest BCUT2D eigenvalue weighted by Gasteiger charge is 2.29. The van der Waals surface area contributed by atoms with Gasteiger partial charge in [-0.1, -0.05) is 12.1 Å². The molecule has 3 aromatic rings. The molecule has 1 aliphatic heterocycles. The number of amides is 1. The molecular formula is C16H16N6O. The van der Waals surface area contributed by atoms with Gasteiger partial charge >= 0.3 is 0 Å². The fourth-order valence-corrected chi connectivity index (χ4v) is 2.85.